The van der Waals surface area contributed by atoms with Gasteiger partial charge in [0.2, 0.25) is 5.89 Å². The topological polar surface area (TPSA) is 115 Å². The third-order valence-electron chi connectivity index (χ3n) is 4.28. The molecule has 0 aliphatic carbocycles. The van der Waals surface area contributed by atoms with Crippen molar-refractivity contribution in [3.05, 3.63) is 29.8 Å². The molecule has 1 atom stereocenters. The Kier molecular flexibility index (Phi) is 5.77. The molecule has 0 unspecified atom stereocenters. The highest BCUT2D eigenvalue weighted by Crippen LogP contribution is 2.30. The first kappa shape index (κ1) is 18.2. The molecular weight excluding hydrogens is 336 g/mol. The number of nitrogens with zero attached hydrogens (tertiary/aromatic N) is 4. The number of amides is 2. The van der Waals surface area contributed by atoms with Gasteiger partial charge < -0.3 is 14.6 Å². The molecule has 0 bridgehead atoms. The van der Waals surface area contributed by atoms with E-state index in [0.29, 0.717) is 36.6 Å². The van der Waals surface area contributed by atoms with Crippen molar-refractivity contribution < 1.29 is 14.1 Å². The number of hydrogen-bond donors (Lipinski definition) is 2. The first-order valence-electron chi connectivity index (χ1n) is 8.81. The maximum atomic E-state index is 12.5. The minimum Gasteiger partial charge on any atom is -0.381 e. The van der Waals surface area contributed by atoms with Crippen LogP contribution in [0, 0.1) is 12.8 Å². The van der Waals surface area contributed by atoms with Crippen LogP contribution in [0.3, 0.4) is 0 Å². The number of nitrogens with one attached hydrogen (secondary N) is 2. The molecule has 0 saturated carbocycles. The molecule has 26 heavy (non-hydrogen) atoms. The number of anilines is 1. The largest absolute Gasteiger partial charge is 0.381 e. The maximum absolute atomic E-state index is 12.5. The van der Waals surface area contributed by atoms with Crippen molar-refractivity contribution in [1.82, 2.24) is 25.4 Å². The van der Waals surface area contributed by atoms with Crippen LogP contribution in [0.2, 0.25) is 0 Å². The van der Waals surface area contributed by atoms with E-state index in [-0.39, 0.29) is 23.9 Å². The van der Waals surface area contributed by atoms with Gasteiger partial charge in [-0.05, 0) is 31.7 Å². The maximum Gasteiger partial charge on any atom is 0.321 e. The number of carbonyl (C=O) groups is 1. The van der Waals surface area contributed by atoms with Gasteiger partial charge in [-0.2, -0.15) is 4.98 Å². The summed E-state index contributed by atoms with van der Waals surface area (Å²) in [4.78, 5) is 25.2. The van der Waals surface area contributed by atoms with Gasteiger partial charge in [0.15, 0.2) is 5.82 Å². The average molecular weight is 360 g/mol. The Morgan fingerprint density at radius 3 is 2.69 bits per heavy atom. The predicted molar refractivity (Wildman–Crippen MR) is 93.6 cm³/mol. The van der Waals surface area contributed by atoms with Crippen molar-refractivity contribution in [2.75, 3.05) is 18.5 Å². The number of hydrogen-bond acceptors (Lipinski definition) is 7. The molecule has 1 fully saturated rings. The van der Waals surface area contributed by atoms with Gasteiger partial charge in [-0.3, -0.25) is 5.32 Å². The fourth-order valence-electron chi connectivity index (χ4n) is 2.86. The van der Waals surface area contributed by atoms with Crippen LogP contribution in [0.15, 0.2) is 16.8 Å². The second-order valence-corrected chi connectivity index (χ2v) is 6.66. The normalized spacial score (nSPS) is 16.5. The minimum atomic E-state index is -0.373. The Morgan fingerprint density at radius 2 is 2.04 bits per heavy atom. The van der Waals surface area contributed by atoms with E-state index in [2.05, 4.69) is 30.7 Å². The number of aryl methyl sites for hydroxylation is 1. The summed E-state index contributed by atoms with van der Waals surface area (Å²) in [6.45, 7) is 7.06. The van der Waals surface area contributed by atoms with Gasteiger partial charge in [0, 0.05) is 25.3 Å². The van der Waals surface area contributed by atoms with E-state index in [1.165, 1.54) is 0 Å². The van der Waals surface area contributed by atoms with Crippen LogP contribution in [0.4, 0.5) is 10.6 Å². The Bertz CT molecular complexity index is 742. The lowest BCUT2D eigenvalue weighted by molar-refractivity contribution is 0.0506. The van der Waals surface area contributed by atoms with Crippen LogP contribution >= 0.6 is 0 Å². The predicted octanol–water partition coefficient (Wildman–Crippen LogP) is 2.58. The number of aromatic nitrogens is 4. The average Bonchev–Trinajstić information content (AvgIpc) is 3.10. The molecule has 2 N–H and O–H groups in total. The quantitative estimate of drug-likeness (QED) is 0.842. The summed E-state index contributed by atoms with van der Waals surface area (Å²) in [7, 11) is 0. The van der Waals surface area contributed by atoms with Crippen LogP contribution in [0.25, 0.3) is 0 Å². The molecule has 0 spiro atoms. The van der Waals surface area contributed by atoms with Gasteiger partial charge >= 0.3 is 6.03 Å². The van der Waals surface area contributed by atoms with Gasteiger partial charge in [-0.15, -0.1) is 0 Å². The van der Waals surface area contributed by atoms with E-state index in [1.807, 2.05) is 13.8 Å². The molecule has 0 radical (unpaired) electrons. The van der Waals surface area contributed by atoms with Crippen LogP contribution in [0.1, 0.15) is 56.2 Å². The van der Waals surface area contributed by atoms with Crippen molar-refractivity contribution in [3.8, 4) is 0 Å². The van der Waals surface area contributed by atoms with Crippen molar-refractivity contribution in [2.24, 2.45) is 5.92 Å². The molecule has 1 saturated heterocycles. The number of urea groups is 1. The third kappa shape index (κ3) is 4.54. The van der Waals surface area contributed by atoms with Crippen LogP contribution in [-0.4, -0.2) is 39.4 Å². The second kappa shape index (κ2) is 8.22. The SMILES string of the molecule is Cc1nccc(NC(=O)N[C@H](c2nc(C(C)C)no2)C2CCOCC2)n1. The Balaban J connectivity index is 1.75. The summed E-state index contributed by atoms with van der Waals surface area (Å²) in [5.41, 5.74) is 0. The van der Waals surface area contributed by atoms with E-state index in [4.69, 9.17) is 9.26 Å². The van der Waals surface area contributed by atoms with Crippen molar-refractivity contribution in [1.29, 1.82) is 0 Å². The summed E-state index contributed by atoms with van der Waals surface area (Å²) in [6, 6.07) is 0.894. The number of ether oxygens (including phenoxy) is 1. The first-order chi connectivity index (χ1) is 12.5. The van der Waals surface area contributed by atoms with E-state index < -0.39 is 0 Å². The zero-order chi connectivity index (χ0) is 18.5. The highest BCUT2D eigenvalue weighted by molar-refractivity contribution is 5.88. The molecule has 9 heteroatoms. The summed E-state index contributed by atoms with van der Waals surface area (Å²) >= 11 is 0. The molecule has 1 aliphatic rings. The summed E-state index contributed by atoms with van der Waals surface area (Å²) < 4.78 is 10.9. The highest BCUT2D eigenvalue weighted by atomic mass is 16.5. The molecule has 2 aromatic rings. The smallest absolute Gasteiger partial charge is 0.321 e. The first-order valence-corrected chi connectivity index (χ1v) is 8.81. The Morgan fingerprint density at radius 1 is 1.27 bits per heavy atom. The fraction of sp³-hybridized carbons (Fsp3) is 0.588. The van der Waals surface area contributed by atoms with Gasteiger partial charge in [0.05, 0.1) is 0 Å². The van der Waals surface area contributed by atoms with E-state index >= 15 is 0 Å². The standard InChI is InChI=1S/C17H24N6O3/c1-10(2)15-22-16(26-23-15)14(12-5-8-25-9-6-12)21-17(24)20-13-4-7-18-11(3)19-13/h4,7,10,12,14H,5-6,8-9H2,1-3H3,(H2,18,19,20,21,24)/t14-/m0/s1. The molecular formula is C17H24N6O3. The highest BCUT2D eigenvalue weighted by Gasteiger charge is 2.31. The van der Waals surface area contributed by atoms with E-state index in [0.717, 1.165) is 12.8 Å². The van der Waals surface area contributed by atoms with Gasteiger partial charge in [-0.1, -0.05) is 19.0 Å². The Labute approximate surface area is 151 Å². The van der Waals surface area contributed by atoms with Gasteiger partial charge in [-0.25, -0.2) is 14.8 Å². The van der Waals surface area contributed by atoms with Crippen molar-refractivity contribution in [2.45, 2.75) is 45.6 Å². The molecule has 140 valence electrons. The number of rotatable bonds is 5. The molecule has 0 aromatic carbocycles. The van der Waals surface area contributed by atoms with Crippen LogP contribution < -0.4 is 10.6 Å². The summed E-state index contributed by atoms with van der Waals surface area (Å²) in [6.07, 6.45) is 3.23. The molecule has 2 aromatic heterocycles. The third-order valence-corrected chi connectivity index (χ3v) is 4.28. The molecule has 3 rings (SSSR count). The zero-order valence-electron chi connectivity index (χ0n) is 15.2. The monoisotopic (exact) mass is 360 g/mol. The summed E-state index contributed by atoms with van der Waals surface area (Å²) in [5, 5.41) is 9.71. The van der Waals surface area contributed by atoms with Crippen molar-refractivity contribution >= 4 is 11.8 Å². The number of carbonyl (C=O) groups excluding carboxylic acids is 1. The van der Waals surface area contributed by atoms with E-state index in [1.54, 1.807) is 19.2 Å². The van der Waals surface area contributed by atoms with Crippen LogP contribution in [-0.2, 0) is 4.74 Å². The van der Waals surface area contributed by atoms with E-state index in [9.17, 15) is 4.79 Å². The van der Waals surface area contributed by atoms with Gasteiger partial charge in [0.1, 0.15) is 17.7 Å². The second-order valence-electron chi connectivity index (χ2n) is 6.66. The summed E-state index contributed by atoms with van der Waals surface area (Å²) in [5.74, 6) is 2.40. The minimum absolute atomic E-state index is 0.153. The fourth-order valence-corrected chi connectivity index (χ4v) is 2.86. The molecule has 2 amide bonds. The lowest BCUT2D eigenvalue weighted by atomic mass is 9.91. The molecule has 3 heterocycles. The lowest BCUT2D eigenvalue weighted by Gasteiger charge is -2.28. The van der Waals surface area contributed by atoms with Gasteiger partial charge in [0.25, 0.3) is 0 Å². The lowest BCUT2D eigenvalue weighted by Crippen LogP contribution is -2.38. The molecule has 1 aliphatic heterocycles. The van der Waals surface area contributed by atoms with Crippen molar-refractivity contribution in [3.63, 3.8) is 0 Å². The van der Waals surface area contributed by atoms with Crippen LogP contribution in [0.5, 0.6) is 0 Å². The molecule has 9 nitrogen and oxygen atoms in total. The zero-order valence-corrected chi connectivity index (χ0v) is 15.2. The Hall–Kier alpha value is -2.55.